The van der Waals surface area contributed by atoms with Crippen LogP contribution in [0.3, 0.4) is 0 Å². The van der Waals surface area contributed by atoms with Gasteiger partial charge in [-0.05, 0) is 22.9 Å². The quantitative estimate of drug-likeness (QED) is 0.840. The number of rotatable bonds is 1. The van der Waals surface area contributed by atoms with Crippen molar-refractivity contribution in [2.75, 3.05) is 12.4 Å². The Hall–Kier alpha value is -1.09. The summed E-state index contributed by atoms with van der Waals surface area (Å²) in [4.78, 5) is 4.30. The summed E-state index contributed by atoms with van der Waals surface area (Å²) in [5, 5.41) is 5.43. The fourth-order valence-corrected chi connectivity index (χ4v) is 1.95. The Balaban J connectivity index is 2.84. The number of nitrogens with zero attached hydrogens (tertiary/aromatic N) is 1. The summed E-state index contributed by atoms with van der Waals surface area (Å²) in [5.74, 6) is 0.920. The maximum atomic E-state index is 4.30. The van der Waals surface area contributed by atoms with Gasteiger partial charge in [0.05, 0.1) is 0 Å². The molecule has 0 amide bonds. The molecule has 0 aliphatic rings. The summed E-state index contributed by atoms with van der Waals surface area (Å²) >= 11 is 3.50. The number of fused-ring (bicyclic) bond motifs is 1. The molecule has 1 N–H and O–H groups in total. The monoisotopic (exact) mass is 250 g/mol. The average molecular weight is 251 g/mol. The Bertz CT molecular complexity index is 480. The number of anilines is 1. The van der Waals surface area contributed by atoms with Gasteiger partial charge in [0.15, 0.2) is 0 Å². The summed E-state index contributed by atoms with van der Waals surface area (Å²) in [6.07, 6.45) is 1.83. The van der Waals surface area contributed by atoms with Gasteiger partial charge in [-0.25, -0.2) is 4.98 Å². The highest BCUT2D eigenvalue weighted by atomic mass is 79.9. The lowest BCUT2D eigenvalue weighted by molar-refractivity contribution is 1.30. The minimum absolute atomic E-state index is 0.920. The average Bonchev–Trinajstić information content (AvgIpc) is 2.19. The minimum Gasteiger partial charge on any atom is -0.373 e. The van der Waals surface area contributed by atoms with E-state index in [0.717, 1.165) is 15.7 Å². The molecule has 0 saturated carbocycles. The lowest BCUT2D eigenvalue weighted by atomic mass is 10.1. The first kappa shape index (κ1) is 9.46. The lowest BCUT2D eigenvalue weighted by Crippen LogP contribution is -1.93. The molecule has 14 heavy (non-hydrogen) atoms. The smallest absolute Gasteiger partial charge is 0.133 e. The highest BCUT2D eigenvalue weighted by Gasteiger charge is 2.04. The van der Waals surface area contributed by atoms with E-state index in [-0.39, 0.29) is 0 Å². The van der Waals surface area contributed by atoms with Crippen molar-refractivity contribution in [3.63, 3.8) is 0 Å². The van der Waals surface area contributed by atoms with Crippen molar-refractivity contribution in [2.45, 2.75) is 6.92 Å². The van der Waals surface area contributed by atoms with Gasteiger partial charge in [-0.2, -0.15) is 0 Å². The van der Waals surface area contributed by atoms with Crippen molar-refractivity contribution in [3.8, 4) is 0 Å². The van der Waals surface area contributed by atoms with E-state index < -0.39 is 0 Å². The molecule has 0 atom stereocenters. The molecule has 0 aliphatic heterocycles. The Morgan fingerprint density at radius 3 is 2.79 bits per heavy atom. The van der Waals surface area contributed by atoms with E-state index in [1.165, 1.54) is 10.9 Å². The van der Waals surface area contributed by atoms with Gasteiger partial charge >= 0.3 is 0 Å². The topological polar surface area (TPSA) is 24.9 Å². The normalized spacial score (nSPS) is 10.5. The molecule has 2 rings (SSSR count). The Morgan fingerprint density at radius 2 is 2.07 bits per heavy atom. The Morgan fingerprint density at radius 1 is 1.29 bits per heavy atom. The zero-order chi connectivity index (χ0) is 10.1. The second kappa shape index (κ2) is 3.58. The molecule has 0 fully saturated rings. The van der Waals surface area contributed by atoms with Crippen molar-refractivity contribution in [2.24, 2.45) is 0 Å². The van der Waals surface area contributed by atoms with Crippen LogP contribution in [-0.2, 0) is 0 Å². The molecule has 0 saturated heterocycles. The highest BCUT2D eigenvalue weighted by Crippen LogP contribution is 2.28. The van der Waals surface area contributed by atoms with Crippen LogP contribution in [0, 0.1) is 6.92 Å². The van der Waals surface area contributed by atoms with E-state index in [0.29, 0.717) is 0 Å². The van der Waals surface area contributed by atoms with Gasteiger partial charge in [0.25, 0.3) is 0 Å². The molecule has 0 unspecified atom stereocenters. The fraction of sp³-hybridized carbons (Fsp3) is 0.182. The number of benzene rings is 1. The molecule has 3 heteroatoms. The van der Waals surface area contributed by atoms with E-state index in [1.807, 2.05) is 13.2 Å². The zero-order valence-corrected chi connectivity index (χ0v) is 9.72. The zero-order valence-electron chi connectivity index (χ0n) is 8.13. The highest BCUT2D eigenvalue weighted by molar-refractivity contribution is 9.10. The van der Waals surface area contributed by atoms with Crippen LogP contribution in [0.2, 0.25) is 0 Å². The molecule has 72 valence electrons. The van der Waals surface area contributed by atoms with E-state index in [9.17, 15) is 0 Å². The van der Waals surface area contributed by atoms with Crippen molar-refractivity contribution in [1.82, 2.24) is 4.98 Å². The maximum absolute atomic E-state index is 4.30. The molecular weight excluding hydrogens is 240 g/mol. The number of hydrogen-bond acceptors (Lipinski definition) is 2. The van der Waals surface area contributed by atoms with Crippen molar-refractivity contribution < 1.29 is 0 Å². The van der Waals surface area contributed by atoms with Gasteiger partial charge in [0, 0.05) is 28.5 Å². The van der Waals surface area contributed by atoms with Crippen LogP contribution < -0.4 is 5.32 Å². The second-order valence-electron chi connectivity index (χ2n) is 3.25. The molecule has 2 aromatic rings. The van der Waals surface area contributed by atoms with Crippen LogP contribution in [0.15, 0.2) is 28.9 Å². The van der Waals surface area contributed by atoms with Gasteiger partial charge in [-0.3, -0.25) is 0 Å². The molecule has 1 heterocycles. The third-order valence-corrected chi connectivity index (χ3v) is 2.86. The van der Waals surface area contributed by atoms with Gasteiger partial charge in [-0.1, -0.05) is 23.8 Å². The molecule has 0 spiro atoms. The number of aryl methyl sites for hydroxylation is 1. The van der Waals surface area contributed by atoms with E-state index in [2.05, 4.69) is 51.4 Å². The van der Waals surface area contributed by atoms with Crippen LogP contribution in [0.5, 0.6) is 0 Å². The van der Waals surface area contributed by atoms with Crippen molar-refractivity contribution in [1.29, 1.82) is 0 Å². The molecule has 0 radical (unpaired) electrons. The first-order valence-electron chi connectivity index (χ1n) is 4.45. The summed E-state index contributed by atoms with van der Waals surface area (Å²) in [7, 11) is 1.88. The van der Waals surface area contributed by atoms with E-state index >= 15 is 0 Å². The molecule has 0 bridgehead atoms. The summed E-state index contributed by atoms with van der Waals surface area (Å²) < 4.78 is 1.04. The Labute approximate surface area is 91.5 Å². The third kappa shape index (κ3) is 1.48. The van der Waals surface area contributed by atoms with Crippen molar-refractivity contribution in [3.05, 3.63) is 34.4 Å². The second-order valence-corrected chi connectivity index (χ2v) is 4.11. The molecule has 1 aromatic heterocycles. The van der Waals surface area contributed by atoms with E-state index in [1.54, 1.807) is 0 Å². The number of hydrogen-bond donors (Lipinski definition) is 1. The number of halogens is 1. The largest absolute Gasteiger partial charge is 0.373 e. The molecule has 0 aliphatic carbocycles. The van der Waals surface area contributed by atoms with Gasteiger partial charge in [0.2, 0.25) is 0 Å². The number of nitrogens with one attached hydrogen (secondary N) is 1. The fourth-order valence-electron chi connectivity index (χ4n) is 1.52. The summed E-state index contributed by atoms with van der Waals surface area (Å²) in [6, 6.07) is 6.34. The minimum atomic E-state index is 0.920. The first-order valence-corrected chi connectivity index (χ1v) is 5.24. The summed E-state index contributed by atoms with van der Waals surface area (Å²) in [5.41, 5.74) is 1.26. The molecule has 2 nitrogen and oxygen atoms in total. The summed E-state index contributed by atoms with van der Waals surface area (Å²) in [6.45, 7) is 2.09. The molecular formula is C11H11BrN2. The number of pyridine rings is 1. The standard InChI is InChI=1S/C11H11BrN2/c1-7-3-4-8-9(5-7)10(12)6-14-11(8)13-2/h3-6H,1-2H3,(H,13,14). The lowest BCUT2D eigenvalue weighted by Gasteiger charge is -2.06. The van der Waals surface area contributed by atoms with Crippen molar-refractivity contribution >= 4 is 32.5 Å². The number of aromatic nitrogens is 1. The third-order valence-electron chi connectivity index (χ3n) is 2.23. The predicted octanol–water partition coefficient (Wildman–Crippen LogP) is 3.35. The molecule has 1 aromatic carbocycles. The SMILES string of the molecule is CNc1ncc(Br)c2cc(C)ccc12. The van der Waals surface area contributed by atoms with E-state index in [4.69, 9.17) is 0 Å². The van der Waals surface area contributed by atoms with Crippen LogP contribution in [0.1, 0.15) is 5.56 Å². The van der Waals surface area contributed by atoms with Crippen LogP contribution in [0.25, 0.3) is 10.8 Å². The van der Waals surface area contributed by atoms with Crippen LogP contribution in [-0.4, -0.2) is 12.0 Å². The Kier molecular flexibility index (Phi) is 2.42. The maximum Gasteiger partial charge on any atom is 0.133 e. The first-order chi connectivity index (χ1) is 6.72. The van der Waals surface area contributed by atoms with Gasteiger partial charge in [0.1, 0.15) is 5.82 Å². The van der Waals surface area contributed by atoms with Gasteiger partial charge < -0.3 is 5.32 Å². The predicted molar refractivity (Wildman–Crippen MR) is 63.7 cm³/mol. The van der Waals surface area contributed by atoms with Crippen LogP contribution >= 0.6 is 15.9 Å². The van der Waals surface area contributed by atoms with Crippen LogP contribution in [0.4, 0.5) is 5.82 Å². The van der Waals surface area contributed by atoms with Gasteiger partial charge in [-0.15, -0.1) is 0 Å².